The number of fused-ring (bicyclic) bond motifs is 3. The number of aromatic nitrogens is 3. The normalized spacial score (nSPS) is 11.6. The topological polar surface area (TPSA) is 65.8 Å². The Morgan fingerprint density at radius 3 is 2.91 bits per heavy atom. The number of halogens is 1. The van der Waals surface area contributed by atoms with Crippen LogP contribution in [0, 0.1) is 0 Å². The maximum absolute atomic E-state index is 12.9. The van der Waals surface area contributed by atoms with Crippen molar-refractivity contribution < 1.29 is 0 Å². The number of nitrogen functional groups attached to an aromatic ring is 1. The average Bonchev–Trinajstić information content (AvgIpc) is 3.00. The van der Waals surface area contributed by atoms with Gasteiger partial charge < -0.3 is 10.3 Å². The van der Waals surface area contributed by atoms with Crippen molar-refractivity contribution in [3.05, 3.63) is 56.2 Å². The molecule has 0 aliphatic heterocycles. The first-order valence-corrected chi connectivity index (χ1v) is 8.63. The third-order valence-corrected chi connectivity index (χ3v) is 5.58. The quantitative estimate of drug-likeness (QED) is 0.535. The molecule has 0 amide bonds. The van der Waals surface area contributed by atoms with Crippen LogP contribution in [0.3, 0.4) is 0 Å². The van der Waals surface area contributed by atoms with E-state index in [1.54, 1.807) is 17.5 Å². The van der Waals surface area contributed by atoms with Crippen LogP contribution in [-0.2, 0) is 13.6 Å². The van der Waals surface area contributed by atoms with E-state index in [9.17, 15) is 4.79 Å². The number of hydrogen-bond acceptors (Lipinski definition) is 4. The molecule has 2 N–H and O–H groups in total. The molecular weight excluding hydrogens is 376 g/mol. The molecule has 0 aliphatic carbocycles. The number of hydrogen-bond donors (Lipinski definition) is 1. The zero-order valence-corrected chi connectivity index (χ0v) is 14.7. The summed E-state index contributed by atoms with van der Waals surface area (Å²) in [5.74, 6) is 0. The molecule has 4 aromatic rings. The Morgan fingerprint density at radius 1 is 1.30 bits per heavy atom. The lowest BCUT2D eigenvalue weighted by Crippen LogP contribution is -2.23. The van der Waals surface area contributed by atoms with E-state index in [1.165, 1.54) is 4.68 Å². The molecule has 116 valence electrons. The first-order valence-electron chi connectivity index (χ1n) is 7.02. The molecule has 0 aliphatic rings. The standard InChI is InChI=1S/C16H13BrN4OS/c1-20-11-6-13(17)23-15(11)14-12(20)7-19-21(16(14)22)8-9-3-2-4-10(18)5-9/h2-7H,8,18H2,1H3. The van der Waals surface area contributed by atoms with E-state index in [2.05, 4.69) is 21.0 Å². The highest BCUT2D eigenvalue weighted by molar-refractivity contribution is 9.11. The summed E-state index contributed by atoms with van der Waals surface area (Å²) >= 11 is 5.06. The molecule has 4 rings (SSSR count). The Kier molecular flexibility index (Phi) is 3.28. The highest BCUT2D eigenvalue weighted by Gasteiger charge is 2.16. The Morgan fingerprint density at radius 2 is 2.13 bits per heavy atom. The van der Waals surface area contributed by atoms with Crippen LogP contribution >= 0.6 is 27.3 Å². The van der Waals surface area contributed by atoms with E-state index in [0.29, 0.717) is 12.2 Å². The number of anilines is 1. The summed E-state index contributed by atoms with van der Waals surface area (Å²) in [7, 11) is 1.95. The minimum Gasteiger partial charge on any atom is -0.399 e. The molecular formula is C16H13BrN4OS. The molecule has 5 nitrogen and oxygen atoms in total. The number of aryl methyl sites for hydroxylation is 1. The lowest BCUT2D eigenvalue weighted by molar-refractivity contribution is 0.646. The van der Waals surface area contributed by atoms with Crippen molar-refractivity contribution in [3.63, 3.8) is 0 Å². The number of rotatable bonds is 2. The van der Waals surface area contributed by atoms with Gasteiger partial charge in [-0.05, 0) is 39.7 Å². The summed E-state index contributed by atoms with van der Waals surface area (Å²) < 4.78 is 5.50. The summed E-state index contributed by atoms with van der Waals surface area (Å²) in [6.07, 6.45) is 1.75. The molecule has 23 heavy (non-hydrogen) atoms. The molecule has 3 aromatic heterocycles. The molecule has 7 heteroatoms. The molecule has 0 unspecified atom stereocenters. The highest BCUT2D eigenvalue weighted by atomic mass is 79.9. The van der Waals surface area contributed by atoms with Crippen molar-refractivity contribution in [2.45, 2.75) is 6.54 Å². The van der Waals surface area contributed by atoms with Gasteiger partial charge in [0.05, 0.1) is 37.6 Å². The third kappa shape index (κ3) is 2.27. The van der Waals surface area contributed by atoms with Crippen LogP contribution in [0.1, 0.15) is 5.56 Å². The van der Waals surface area contributed by atoms with Crippen LogP contribution in [-0.4, -0.2) is 14.3 Å². The minimum absolute atomic E-state index is 0.0788. The second kappa shape index (κ2) is 5.21. The van der Waals surface area contributed by atoms with E-state index in [-0.39, 0.29) is 5.56 Å². The molecule has 0 saturated heterocycles. The SMILES string of the molecule is Cn1c2cc(Br)sc2c2c(=O)n(Cc3cccc(N)c3)ncc21. The van der Waals surface area contributed by atoms with Crippen molar-refractivity contribution in [1.29, 1.82) is 0 Å². The fourth-order valence-corrected chi connectivity index (χ4v) is 4.50. The molecule has 0 fully saturated rings. The van der Waals surface area contributed by atoms with Gasteiger partial charge in [0.2, 0.25) is 0 Å². The van der Waals surface area contributed by atoms with E-state index in [1.807, 2.05) is 41.9 Å². The van der Waals surface area contributed by atoms with E-state index in [0.717, 1.165) is 30.5 Å². The van der Waals surface area contributed by atoms with Crippen molar-refractivity contribution in [3.8, 4) is 0 Å². The summed E-state index contributed by atoms with van der Waals surface area (Å²) in [4.78, 5) is 12.9. The highest BCUT2D eigenvalue weighted by Crippen LogP contribution is 2.35. The predicted octanol–water partition coefficient (Wildman–Crippen LogP) is 3.34. The van der Waals surface area contributed by atoms with Crippen LogP contribution in [0.25, 0.3) is 21.1 Å². The average molecular weight is 389 g/mol. The maximum Gasteiger partial charge on any atom is 0.277 e. The van der Waals surface area contributed by atoms with Crippen molar-refractivity contribution in [1.82, 2.24) is 14.3 Å². The molecule has 1 aromatic carbocycles. The van der Waals surface area contributed by atoms with Crippen LogP contribution in [0.2, 0.25) is 0 Å². The van der Waals surface area contributed by atoms with Gasteiger partial charge in [-0.15, -0.1) is 11.3 Å². The van der Waals surface area contributed by atoms with Crippen molar-refractivity contribution in [2.75, 3.05) is 5.73 Å². The summed E-state index contributed by atoms with van der Waals surface area (Å²) in [5.41, 5.74) is 9.26. The molecule has 3 heterocycles. The van der Waals surface area contributed by atoms with Crippen molar-refractivity contribution >= 4 is 54.1 Å². The number of benzene rings is 1. The van der Waals surface area contributed by atoms with Gasteiger partial charge >= 0.3 is 0 Å². The van der Waals surface area contributed by atoms with Gasteiger partial charge in [0.1, 0.15) is 0 Å². The second-order valence-corrected chi connectivity index (χ2v) is 7.87. The van der Waals surface area contributed by atoms with Gasteiger partial charge in [-0.25, -0.2) is 4.68 Å². The fourth-order valence-electron chi connectivity index (χ4n) is 2.84. The molecule has 0 radical (unpaired) electrons. The molecule has 0 bridgehead atoms. The van der Waals surface area contributed by atoms with Crippen LogP contribution in [0.4, 0.5) is 5.69 Å². The second-order valence-electron chi connectivity index (χ2n) is 5.44. The van der Waals surface area contributed by atoms with Crippen LogP contribution in [0.15, 0.2) is 45.1 Å². The fraction of sp³-hybridized carbons (Fsp3) is 0.125. The summed E-state index contributed by atoms with van der Waals surface area (Å²) in [6.45, 7) is 0.406. The molecule has 0 spiro atoms. The Bertz CT molecular complexity index is 1110. The van der Waals surface area contributed by atoms with E-state index >= 15 is 0 Å². The first kappa shape index (κ1) is 14.5. The first-order chi connectivity index (χ1) is 11.0. The monoisotopic (exact) mass is 388 g/mol. The minimum atomic E-state index is -0.0788. The third-order valence-electron chi connectivity index (χ3n) is 3.94. The molecule has 0 atom stereocenters. The number of nitrogens with two attached hydrogens (primary N) is 1. The zero-order chi connectivity index (χ0) is 16.1. The van der Waals surface area contributed by atoms with Gasteiger partial charge in [-0.2, -0.15) is 5.10 Å². The lowest BCUT2D eigenvalue weighted by atomic mass is 10.2. The maximum atomic E-state index is 12.9. The van der Waals surface area contributed by atoms with Gasteiger partial charge in [0.25, 0.3) is 5.56 Å². The van der Waals surface area contributed by atoms with Crippen LogP contribution in [0.5, 0.6) is 0 Å². The Labute approximate surface area is 144 Å². The smallest absolute Gasteiger partial charge is 0.277 e. The largest absolute Gasteiger partial charge is 0.399 e. The van der Waals surface area contributed by atoms with Crippen molar-refractivity contribution in [2.24, 2.45) is 7.05 Å². The molecule has 0 saturated carbocycles. The number of thiophene rings is 1. The van der Waals surface area contributed by atoms with E-state index in [4.69, 9.17) is 5.73 Å². The predicted molar refractivity (Wildman–Crippen MR) is 98.0 cm³/mol. The van der Waals surface area contributed by atoms with Gasteiger partial charge in [0.15, 0.2) is 0 Å². The Balaban J connectivity index is 1.93. The van der Waals surface area contributed by atoms with Gasteiger partial charge in [0, 0.05) is 12.7 Å². The van der Waals surface area contributed by atoms with E-state index < -0.39 is 0 Å². The van der Waals surface area contributed by atoms with Gasteiger partial charge in [-0.3, -0.25) is 4.79 Å². The van der Waals surface area contributed by atoms with Gasteiger partial charge in [-0.1, -0.05) is 12.1 Å². The van der Waals surface area contributed by atoms with Crippen LogP contribution < -0.4 is 11.3 Å². The summed E-state index contributed by atoms with van der Waals surface area (Å²) in [6, 6.07) is 9.54. The Hall–Kier alpha value is -2.12. The zero-order valence-electron chi connectivity index (χ0n) is 12.3. The number of nitrogens with zero attached hydrogens (tertiary/aromatic N) is 3. The lowest BCUT2D eigenvalue weighted by Gasteiger charge is -2.06. The summed E-state index contributed by atoms with van der Waals surface area (Å²) in [5, 5.41) is 5.04.